The van der Waals surface area contributed by atoms with Crippen LogP contribution in [0.15, 0.2) is 91.3 Å². The van der Waals surface area contributed by atoms with Crippen LogP contribution in [0.5, 0.6) is 0 Å². The number of benzene rings is 3. The van der Waals surface area contributed by atoms with Gasteiger partial charge >= 0.3 is 0 Å². The Hall–Kier alpha value is -5.01. The van der Waals surface area contributed by atoms with Crippen LogP contribution in [0.2, 0.25) is 0 Å². The normalized spacial score (nSPS) is 18.4. The van der Waals surface area contributed by atoms with Gasteiger partial charge in [-0.05, 0) is 85.7 Å². The number of anilines is 1. The number of nitrogens with one attached hydrogen (secondary N) is 3. The Morgan fingerprint density at radius 3 is 2.51 bits per heavy atom. The minimum atomic E-state index is -0.156. The molecule has 0 radical (unpaired) electrons. The molecule has 5 aromatic rings. The van der Waals surface area contributed by atoms with Crippen molar-refractivity contribution in [3.63, 3.8) is 0 Å². The molecule has 7 heteroatoms. The molecule has 2 aromatic heterocycles. The van der Waals surface area contributed by atoms with Crippen LogP contribution in [0.25, 0.3) is 28.5 Å². The van der Waals surface area contributed by atoms with Crippen molar-refractivity contribution in [2.45, 2.75) is 40.0 Å². The molecule has 0 spiro atoms. The molecule has 2 aliphatic rings. The molecule has 2 aliphatic heterocycles. The highest BCUT2D eigenvalue weighted by Gasteiger charge is 2.29. The first-order valence-corrected chi connectivity index (χ1v) is 15.2. The lowest BCUT2D eigenvalue weighted by atomic mass is 9.82. The van der Waals surface area contributed by atoms with Crippen LogP contribution < -0.4 is 10.6 Å². The molecule has 2 unspecified atom stereocenters. The highest BCUT2D eigenvalue weighted by molar-refractivity contribution is 6.35. The fourth-order valence-electron chi connectivity index (χ4n) is 6.72. The number of aryl methyl sites for hydroxylation is 1. The number of Topliss-reactive ketones (excluding diaryl/α,β-unsaturated/α-hetero) is 1. The minimum Gasteiger partial charge on any atom is -0.358 e. The molecule has 7 rings (SSSR count). The maximum absolute atomic E-state index is 13.7. The molecule has 4 heterocycles. The van der Waals surface area contributed by atoms with Crippen molar-refractivity contribution in [3.8, 4) is 16.8 Å². The number of rotatable bonds is 7. The number of carbonyl (C=O) groups excluding carboxylic acids is 2. The highest BCUT2D eigenvalue weighted by Crippen LogP contribution is 2.37. The number of fused-ring (bicyclic) bond motifs is 1. The fraction of sp³-hybridized carbons (Fsp3) is 0.237. The van der Waals surface area contributed by atoms with E-state index in [0.717, 1.165) is 70.1 Å². The van der Waals surface area contributed by atoms with E-state index in [4.69, 9.17) is 0 Å². The Bertz CT molecular complexity index is 1880. The average Bonchev–Trinajstić information content (AvgIpc) is 3.74. The second kappa shape index (κ2) is 12.5. The van der Waals surface area contributed by atoms with Crippen molar-refractivity contribution in [1.82, 2.24) is 20.1 Å². The summed E-state index contributed by atoms with van der Waals surface area (Å²) in [5.74, 6) is 0.677. The van der Waals surface area contributed by atoms with Crippen LogP contribution in [0.1, 0.15) is 64.6 Å². The highest BCUT2D eigenvalue weighted by atomic mass is 16.2. The lowest BCUT2D eigenvalue weighted by Gasteiger charge is -2.30. The van der Waals surface area contributed by atoms with Crippen molar-refractivity contribution < 1.29 is 9.59 Å². The number of H-pyrrole nitrogens is 1. The lowest BCUT2D eigenvalue weighted by molar-refractivity contribution is -0.110. The maximum atomic E-state index is 13.7. The number of ketones is 1. The van der Waals surface area contributed by atoms with Gasteiger partial charge in [0.05, 0.1) is 17.5 Å². The Morgan fingerprint density at radius 1 is 0.978 bits per heavy atom. The van der Waals surface area contributed by atoms with E-state index < -0.39 is 0 Å². The first-order valence-electron chi connectivity index (χ1n) is 15.2. The van der Waals surface area contributed by atoms with Crippen molar-refractivity contribution >= 4 is 29.0 Å². The van der Waals surface area contributed by atoms with Gasteiger partial charge in [-0.3, -0.25) is 9.59 Å². The summed E-state index contributed by atoms with van der Waals surface area (Å²) in [5.41, 5.74) is 9.65. The third-order valence-electron chi connectivity index (χ3n) is 8.97. The summed E-state index contributed by atoms with van der Waals surface area (Å²) in [6.45, 7) is 5.70. The SMILES string of the molecule is C.Cc1[nH]c(/C=C2\C(=O)Nc3ccc(-c4cnn(-c5ccccc5)c4)cc32)c(C)c1C(=O)CC1CNCC(c2ccccc2)C1. The van der Waals surface area contributed by atoms with Gasteiger partial charge in [0.1, 0.15) is 0 Å². The molecule has 3 aromatic carbocycles. The first kappa shape index (κ1) is 30.0. The zero-order valence-corrected chi connectivity index (χ0v) is 24.9. The third kappa shape index (κ3) is 5.91. The van der Waals surface area contributed by atoms with Crippen molar-refractivity contribution in [1.29, 1.82) is 0 Å². The van der Waals surface area contributed by atoms with Crippen molar-refractivity contribution in [2.75, 3.05) is 18.4 Å². The molecule has 45 heavy (non-hydrogen) atoms. The van der Waals surface area contributed by atoms with Crippen LogP contribution >= 0.6 is 0 Å². The van der Waals surface area contributed by atoms with E-state index in [1.54, 1.807) is 0 Å². The summed E-state index contributed by atoms with van der Waals surface area (Å²) >= 11 is 0. The Balaban J connectivity index is 0.00000357. The van der Waals surface area contributed by atoms with Crippen molar-refractivity contribution in [2.24, 2.45) is 5.92 Å². The van der Waals surface area contributed by atoms with Crippen LogP contribution in [0.3, 0.4) is 0 Å². The summed E-state index contributed by atoms with van der Waals surface area (Å²) in [4.78, 5) is 30.2. The van der Waals surface area contributed by atoms with Gasteiger partial charge in [0.2, 0.25) is 0 Å². The molecule has 0 saturated carbocycles. The van der Waals surface area contributed by atoms with Gasteiger partial charge < -0.3 is 15.6 Å². The largest absolute Gasteiger partial charge is 0.358 e. The average molecular weight is 598 g/mol. The number of aromatic amines is 1. The predicted octanol–water partition coefficient (Wildman–Crippen LogP) is 7.58. The zero-order valence-electron chi connectivity index (χ0n) is 24.9. The van der Waals surface area contributed by atoms with E-state index in [0.29, 0.717) is 17.9 Å². The molecule has 7 nitrogen and oxygen atoms in total. The van der Waals surface area contributed by atoms with E-state index in [1.807, 2.05) is 91.6 Å². The summed E-state index contributed by atoms with van der Waals surface area (Å²) in [6, 6.07) is 26.5. The number of amides is 1. The maximum Gasteiger partial charge on any atom is 0.256 e. The summed E-state index contributed by atoms with van der Waals surface area (Å²) < 4.78 is 1.84. The zero-order chi connectivity index (χ0) is 30.2. The standard InChI is InChI=1S/C37H35N5O2.CH4/c1-23-34(40-24(2)36(23)35(43)16-25-15-28(20-38-19-25)26-9-5-3-6-10-26)18-32-31-17-27(13-14-33(31)41-37(32)44)29-21-39-42(22-29)30-11-7-4-8-12-30;/h3-14,17-18,21-22,25,28,38,40H,15-16,19-20H2,1-2H3,(H,41,44);1H4/b32-18-;. The first-order chi connectivity index (χ1) is 21.4. The fourth-order valence-corrected chi connectivity index (χ4v) is 6.72. The molecule has 228 valence electrons. The summed E-state index contributed by atoms with van der Waals surface area (Å²) in [6.07, 6.45) is 7.19. The molecule has 1 amide bonds. The Labute approximate surface area is 264 Å². The van der Waals surface area contributed by atoms with Gasteiger partial charge in [-0.1, -0.05) is 62.0 Å². The molecular weight excluding hydrogens is 558 g/mol. The molecule has 3 N–H and O–H groups in total. The van der Waals surface area contributed by atoms with Crippen LogP contribution in [-0.2, 0) is 4.79 Å². The molecule has 2 atom stereocenters. The van der Waals surface area contributed by atoms with Gasteiger partial charge in [-0.2, -0.15) is 5.10 Å². The summed E-state index contributed by atoms with van der Waals surface area (Å²) in [5, 5.41) is 11.1. The third-order valence-corrected chi connectivity index (χ3v) is 8.97. The quantitative estimate of drug-likeness (QED) is 0.133. The Kier molecular flexibility index (Phi) is 8.37. The lowest BCUT2D eigenvalue weighted by Crippen LogP contribution is -2.36. The molecule has 1 saturated heterocycles. The number of para-hydroxylation sites is 1. The molecule has 1 fully saturated rings. The van der Waals surface area contributed by atoms with E-state index in [9.17, 15) is 9.59 Å². The summed E-state index contributed by atoms with van der Waals surface area (Å²) in [7, 11) is 0. The van der Waals surface area contributed by atoms with Crippen LogP contribution in [0, 0.1) is 19.8 Å². The van der Waals surface area contributed by atoms with Gasteiger partial charge in [0, 0.05) is 52.9 Å². The number of hydrogen-bond donors (Lipinski definition) is 3. The Morgan fingerprint density at radius 2 is 1.73 bits per heavy atom. The van der Waals surface area contributed by atoms with E-state index in [1.165, 1.54) is 5.56 Å². The number of hydrogen-bond acceptors (Lipinski definition) is 4. The van der Waals surface area contributed by atoms with Gasteiger partial charge in [0.15, 0.2) is 5.78 Å². The van der Waals surface area contributed by atoms with E-state index in [-0.39, 0.29) is 25.0 Å². The number of carbonyl (C=O) groups is 2. The van der Waals surface area contributed by atoms with Gasteiger partial charge in [-0.25, -0.2) is 4.68 Å². The second-order valence-electron chi connectivity index (χ2n) is 11.9. The monoisotopic (exact) mass is 597 g/mol. The number of piperidine rings is 1. The van der Waals surface area contributed by atoms with Crippen molar-refractivity contribution in [3.05, 3.63) is 125 Å². The predicted molar refractivity (Wildman–Crippen MR) is 182 cm³/mol. The second-order valence-corrected chi connectivity index (χ2v) is 11.9. The molecule has 0 bridgehead atoms. The molecule has 0 aliphatic carbocycles. The number of nitrogens with zero attached hydrogens (tertiary/aromatic N) is 2. The van der Waals surface area contributed by atoms with E-state index in [2.05, 4.69) is 45.0 Å². The smallest absolute Gasteiger partial charge is 0.256 e. The van der Waals surface area contributed by atoms with E-state index >= 15 is 0 Å². The van der Waals surface area contributed by atoms with Gasteiger partial charge in [0.25, 0.3) is 5.91 Å². The molecular formula is C38H39N5O2. The topological polar surface area (TPSA) is 91.8 Å². The van der Waals surface area contributed by atoms with Crippen LogP contribution in [-0.4, -0.2) is 39.5 Å². The van der Waals surface area contributed by atoms with Crippen LogP contribution in [0.4, 0.5) is 5.69 Å². The number of aromatic nitrogens is 3. The minimum absolute atomic E-state index is 0. The van der Waals surface area contributed by atoms with Gasteiger partial charge in [-0.15, -0.1) is 0 Å².